The van der Waals surface area contributed by atoms with Crippen molar-refractivity contribution in [2.45, 2.75) is 31.8 Å². The largest absolute Gasteiger partial charge is 0.497 e. The van der Waals surface area contributed by atoms with Crippen molar-refractivity contribution in [1.29, 1.82) is 0 Å². The molecule has 1 saturated heterocycles. The number of pyridine rings is 1. The quantitative estimate of drug-likeness (QED) is 0.235. The van der Waals surface area contributed by atoms with E-state index in [-0.39, 0.29) is 5.82 Å². The Balaban J connectivity index is 0.000000446. The van der Waals surface area contributed by atoms with Crippen LogP contribution in [0.15, 0.2) is 79.1 Å². The molecule has 220 valence electrons. The summed E-state index contributed by atoms with van der Waals surface area (Å²) in [6.45, 7) is 3.81. The minimum Gasteiger partial charge on any atom is -0.497 e. The van der Waals surface area contributed by atoms with E-state index in [1.807, 2.05) is 36.5 Å². The van der Waals surface area contributed by atoms with Crippen LogP contribution in [0.5, 0.6) is 5.75 Å². The highest BCUT2D eigenvalue weighted by Gasteiger charge is 2.21. The third-order valence-corrected chi connectivity index (χ3v) is 6.97. The summed E-state index contributed by atoms with van der Waals surface area (Å²) in [6, 6.07) is 17.3. The number of hydrogen-bond acceptors (Lipinski definition) is 7. The van der Waals surface area contributed by atoms with E-state index in [0.29, 0.717) is 24.7 Å². The number of aromatic nitrogens is 3. The molecule has 42 heavy (non-hydrogen) atoms. The van der Waals surface area contributed by atoms with Gasteiger partial charge in [-0.15, -0.1) is 0 Å². The zero-order valence-corrected chi connectivity index (χ0v) is 23.3. The molecule has 1 aliphatic heterocycles. The van der Waals surface area contributed by atoms with Gasteiger partial charge in [-0.2, -0.15) is 0 Å². The SMILES string of the molecule is COc1ccc(CCN2CCC(Nc3nc4ccncc4n3Cc3ccc(F)cc3)CC2)cc1.O=C(O)/C=C/C(=O)O. The summed E-state index contributed by atoms with van der Waals surface area (Å²) >= 11 is 0. The van der Waals surface area contributed by atoms with Crippen molar-refractivity contribution >= 4 is 28.9 Å². The number of likely N-dealkylation sites (tertiary alicyclic amines) is 1. The van der Waals surface area contributed by atoms with Crippen LogP contribution >= 0.6 is 0 Å². The maximum absolute atomic E-state index is 13.4. The molecule has 0 saturated carbocycles. The molecule has 3 N–H and O–H groups in total. The second kappa shape index (κ2) is 14.7. The molecule has 0 aliphatic carbocycles. The van der Waals surface area contributed by atoms with Gasteiger partial charge >= 0.3 is 11.9 Å². The van der Waals surface area contributed by atoms with Crippen LogP contribution in [0, 0.1) is 5.82 Å². The molecule has 1 aliphatic rings. The summed E-state index contributed by atoms with van der Waals surface area (Å²) in [5.74, 6) is -0.987. The maximum Gasteiger partial charge on any atom is 0.328 e. The summed E-state index contributed by atoms with van der Waals surface area (Å²) in [4.78, 5) is 30.8. The van der Waals surface area contributed by atoms with E-state index in [1.165, 1.54) is 17.7 Å². The number of carboxylic acid groups (broad SMARTS) is 2. The van der Waals surface area contributed by atoms with Crippen LogP contribution in [0.1, 0.15) is 24.0 Å². The van der Waals surface area contributed by atoms with Crippen LogP contribution in [0.4, 0.5) is 10.3 Å². The van der Waals surface area contributed by atoms with E-state index >= 15 is 0 Å². The Hall–Kier alpha value is -4.77. The summed E-state index contributed by atoms with van der Waals surface area (Å²) in [5.41, 5.74) is 4.26. The topological polar surface area (TPSA) is 130 Å². The Labute approximate surface area is 243 Å². The lowest BCUT2D eigenvalue weighted by atomic mass is 10.0. The average molecular weight is 576 g/mol. The number of hydrogen-bond donors (Lipinski definition) is 3. The molecule has 4 aromatic rings. The van der Waals surface area contributed by atoms with Crippen LogP contribution < -0.4 is 10.1 Å². The number of aliphatic carboxylic acids is 2. The van der Waals surface area contributed by atoms with Gasteiger partial charge in [0.2, 0.25) is 5.95 Å². The van der Waals surface area contributed by atoms with Crippen molar-refractivity contribution in [2.24, 2.45) is 0 Å². The van der Waals surface area contributed by atoms with Crippen LogP contribution in [0.25, 0.3) is 11.0 Å². The van der Waals surface area contributed by atoms with Gasteiger partial charge in [-0.1, -0.05) is 24.3 Å². The van der Waals surface area contributed by atoms with Gasteiger partial charge in [0.15, 0.2) is 0 Å². The first kappa shape index (κ1) is 30.2. The molecule has 0 atom stereocenters. The van der Waals surface area contributed by atoms with Crippen molar-refractivity contribution in [3.8, 4) is 5.75 Å². The Morgan fingerprint density at radius 3 is 2.26 bits per heavy atom. The van der Waals surface area contributed by atoms with Gasteiger partial charge in [0.25, 0.3) is 0 Å². The smallest absolute Gasteiger partial charge is 0.328 e. The van der Waals surface area contributed by atoms with E-state index in [1.54, 1.807) is 13.3 Å². The molecule has 0 unspecified atom stereocenters. The van der Waals surface area contributed by atoms with E-state index in [4.69, 9.17) is 19.9 Å². The summed E-state index contributed by atoms with van der Waals surface area (Å²) < 4.78 is 20.8. The van der Waals surface area contributed by atoms with Gasteiger partial charge in [-0.25, -0.2) is 19.0 Å². The monoisotopic (exact) mass is 575 g/mol. The fourth-order valence-electron chi connectivity index (χ4n) is 4.72. The van der Waals surface area contributed by atoms with E-state index < -0.39 is 11.9 Å². The molecule has 0 amide bonds. The maximum atomic E-state index is 13.4. The molecule has 3 heterocycles. The number of ether oxygens (including phenoxy) is 1. The number of halogens is 1. The van der Waals surface area contributed by atoms with Crippen LogP contribution in [0.3, 0.4) is 0 Å². The number of carbonyl (C=O) groups is 2. The second-order valence-electron chi connectivity index (χ2n) is 9.88. The zero-order chi connectivity index (χ0) is 29.9. The lowest BCUT2D eigenvalue weighted by molar-refractivity contribution is -0.134. The number of carboxylic acids is 2. The molecule has 11 heteroatoms. The van der Waals surface area contributed by atoms with Crippen LogP contribution in [0.2, 0.25) is 0 Å². The van der Waals surface area contributed by atoms with E-state index in [2.05, 4.69) is 31.9 Å². The molecule has 0 spiro atoms. The van der Waals surface area contributed by atoms with Crippen molar-refractivity contribution in [2.75, 3.05) is 32.1 Å². The van der Waals surface area contributed by atoms with E-state index in [0.717, 1.165) is 67.2 Å². The first-order valence-electron chi connectivity index (χ1n) is 13.6. The first-order valence-corrected chi connectivity index (χ1v) is 13.6. The summed E-state index contributed by atoms with van der Waals surface area (Å²) in [7, 11) is 1.70. The molecule has 1 fully saturated rings. The Morgan fingerprint density at radius 2 is 1.64 bits per heavy atom. The summed E-state index contributed by atoms with van der Waals surface area (Å²) in [6.07, 6.45) is 7.91. The average Bonchev–Trinajstić information content (AvgIpc) is 3.34. The first-order chi connectivity index (χ1) is 20.3. The number of nitrogens with zero attached hydrogens (tertiary/aromatic N) is 4. The normalized spacial score (nSPS) is 14.0. The van der Waals surface area contributed by atoms with Crippen molar-refractivity contribution in [1.82, 2.24) is 19.4 Å². The highest BCUT2D eigenvalue weighted by Crippen LogP contribution is 2.23. The highest BCUT2D eigenvalue weighted by atomic mass is 19.1. The fraction of sp³-hybridized carbons (Fsp3) is 0.290. The molecule has 0 bridgehead atoms. The molecule has 10 nitrogen and oxygen atoms in total. The molecular weight excluding hydrogens is 541 g/mol. The lowest BCUT2D eigenvalue weighted by Gasteiger charge is -2.32. The standard InChI is InChI=1S/C27H30FN5O.C4H4O4/c1-34-24-8-4-20(5-9-24)11-15-32-16-12-23(13-17-32)30-27-31-25-10-14-29-18-26(25)33(27)19-21-2-6-22(28)7-3-21;5-3(6)1-2-4(7)8/h2-10,14,18,23H,11-13,15-17,19H2,1H3,(H,30,31);1-2H,(H,5,6)(H,7,8)/b;2-1+. The molecule has 5 rings (SSSR count). The number of methoxy groups -OCH3 is 1. The van der Waals surface area contributed by atoms with Crippen LogP contribution in [-0.4, -0.2) is 74.4 Å². The predicted molar refractivity (Wildman–Crippen MR) is 157 cm³/mol. The minimum absolute atomic E-state index is 0.224. The Kier molecular flexibility index (Phi) is 10.6. The third kappa shape index (κ3) is 8.87. The third-order valence-electron chi connectivity index (χ3n) is 6.97. The minimum atomic E-state index is -1.26. The van der Waals surface area contributed by atoms with Gasteiger partial charge in [0.05, 0.1) is 30.9 Å². The molecule has 2 aromatic carbocycles. The molecule has 0 radical (unpaired) electrons. The van der Waals surface area contributed by atoms with Gasteiger partial charge < -0.3 is 29.7 Å². The van der Waals surface area contributed by atoms with Gasteiger partial charge in [0.1, 0.15) is 11.6 Å². The van der Waals surface area contributed by atoms with Crippen molar-refractivity contribution in [3.63, 3.8) is 0 Å². The van der Waals surface area contributed by atoms with Crippen molar-refractivity contribution < 1.29 is 28.9 Å². The lowest BCUT2D eigenvalue weighted by Crippen LogP contribution is -2.40. The highest BCUT2D eigenvalue weighted by molar-refractivity contribution is 5.89. The number of piperidine rings is 1. The van der Waals surface area contributed by atoms with Gasteiger partial charge in [-0.3, -0.25) is 4.98 Å². The predicted octanol–water partition coefficient (Wildman–Crippen LogP) is 4.46. The summed E-state index contributed by atoms with van der Waals surface area (Å²) in [5, 5.41) is 19.3. The van der Waals surface area contributed by atoms with Gasteiger partial charge in [0, 0.05) is 44.0 Å². The van der Waals surface area contributed by atoms with Gasteiger partial charge in [-0.05, 0) is 60.7 Å². The van der Waals surface area contributed by atoms with Crippen LogP contribution in [-0.2, 0) is 22.6 Å². The zero-order valence-electron chi connectivity index (χ0n) is 23.3. The number of rotatable bonds is 10. The number of benzene rings is 2. The number of anilines is 1. The molecular formula is C31H34FN5O5. The van der Waals surface area contributed by atoms with Crippen molar-refractivity contribution in [3.05, 3.63) is 96.1 Å². The number of fused-ring (bicyclic) bond motifs is 1. The molecule has 2 aromatic heterocycles. The number of imidazole rings is 1. The fourth-order valence-corrected chi connectivity index (χ4v) is 4.72. The number of nitrogens with one attached hydrogen (secondary N) is 1. The Bertz CT molecular complexity index is 1480. The Morgan fingerprint density at radius 1 is 1.00 bits per heavy atom. The second-order valence-corrected chi connectivity index (χ2v) is 9.88. The van der Waals surface area contributed by atoms with E-state index in [9.17, 15) is 14.0 Å².